The lowest BCUT2D eigenvalue weighted by Gasteiger charge is -2.40. The molecule has 1 N–H and O–H groups in total. The maximum atomic E-state index is 13.1. The van der Waals surface area contributed by atoms with Crippen LogP contribution >= 0.6 is 0 Å². The molecule has 0 aromatic heterocycles. The maximum absolute atomic E-state index is 13.1. The number of aliphatic hydroxyl groups is 1. The Kier molecular flexibility index (Phi) is 5.84. The molecule has 0 aromatic carbocycles. The van der Waals surface area contributed by atoms with E-state index < -0.39 is 48.7 Å². The topological polar surface area (TPSA) is 29.5 Å². The minimum Gasteiger partial charge on any atom is -0.495 e. The summed E-state index contributed by atoms with van der Waals surface area (Å²) in [6.07, 6.45) is 0.0226. The number of rotatable bonds is 9. The molecule has 14 heteroatoms. The molecule has 0 fully saturated rings. The Balaban J connectivity index is 6.14. The molecular formula is C10H8F12O2. The van der Waals surface area contributed by atoms with E-state index in [9.17, 15) is 52.7 Å². The van der Waals surface area contributed by atoms with Gasteiger partial charge < -0.3 is 9.84 Å². The Morgan fingerprint density at radius 3 is 1.29 bits per heavy atom. The zero-order chi connectivity index (χ0) is 19.8. The van der Waals surface area contributed by atoms with Crippen molar-refractivity contribution >= 4 is 0 Å². The molecule has 0 spiro atoms. The highest BCUT2D eigenvalue weighted by Gasteiger charge is 2.90. The third-order valence-corrected chi connectivity index (χ3v) is 2.68. The lowest BCUT2D eigenvalue weighted by molar-refractivity contribution is -0.428. The number of hydrogen-bond acceptors (Lipinski definition) is 2. The van der Waals surface area contributed by atoms with Gasteiger partial charge in [0.2, 0.25) is 0 Å². The zero-order valence-corrected chi connectivity index (χ0v) is 11.1. The van der Waals surface area contributed by atoms with Gasteiger partial charge in [-0.3, -0.25) is 0 Å². The summed E-state index contributed by atoms with van der Waals surface area (Å²) in [5, 5.41) is 7.86. The van der Waals surface area contributed by atoms with E-state index in [1.165, 1.54) is 0 Å². The van der Waals surface area contributed by atoms with E-state index >= 15 is 0 Å². The summed E-state index contributed by atoms with van der Waals surface area (Å²) in [6, 6.07) is 0. The van der Waals surface area contributed by atoms with Crippen LogP contribution < -0.4 is 0 Å². The molecule has 0 aliphatic carbocycles. The maximum Gasteiger partial charge on any atom is 0.384 e. The number of aliphatic hydroxyl groups excluding tert-OH is 1. The number of alkyl halides is 12. The molecule has 0 aliphatic rings. The third-order valence-electron chi connectivity index (χ3n) is 2.68. The second-order valence-corrected chi connectivity index (χ2v) is 4.34. The van der Waals surface area contributed by atoms with Crippen LogP contribution in [0.1, 0.15) is 0 Å². The van der Waals surface area contributed by atoms with E-state index in [-0.39, 0.29) is 6.26 Å². The number of hydrogen-bond donors (Lipinski definition) is 1. The van der Waals surface area contributed by atoms with Crippen LogP contribution in [0.4, 0.5) is 52.7 Å². The second kappa shape index (κ2) is 6.19. The first-order chi connectivity index (χ1) is 10.4. The summed E-state index contributed by atoms with van der Waals surface area (Å²) in [4.78, 5) is 0. The van der Waals surface area contributed by atoms with Crippen molar-refractivity contribution in [2.45, 2.75) is 35.5 Å². The Morgan fingerprint density at radius 2 is 1.00 bits per heavy atom. The first-order valence-corrected chi connectivity index (χ1v) is 5.47. The van der Waals surface area contributed by atoms with Crippen molar-refractivity contribution in [1.29, 1.82) is 0 Å². The minimum atomic E-state index is -7.67. The summed E-state index contributed by atoms with van der Waals surface area (Å²) >= 11 is 0. The molecule has 0 radical (unpaired) electrons. The highest BCUT2D eigenvalue weighted by molar-refractivity contribution is 5.11. The molecule has 0 amide bonds. The minimum absolute atomic E-state index is 0.0226. The van der Waals surface area contributed by atoms with Gasteiger partial charge in [-0.15, -0.1) is 0 Å². The van der Waals surface area contributed by atoms with Gasteiger partial charge in [-0.1, -0.05) is 6.58 Å². The molecule has 2 nitrogen and oxygen atoms in total. The van der Waals surface area contributed by atoms with Crippen molar-refractivity contribution in [3.63, 3.8) is 0 Å². The van der Waals surface area contributed by atoms with Gasteiger partial charge in [0.25, 0.3) is 0 Å². The van der Waals surface area contributed by atoms with Gasteiger partial charge in [0.15, 0.2) is 6.61 Å². The van der Waals surface area contributed by atoms with E-state index in [0.29, 0.717) is 0 Å². The Morgan fingerprint density at radius 1 is 0.667 bits per heavy atom. The molecule has 0 bridgehead atoms. The molecule has 0 saturated carbocycles. The summed E-state index contributed by atoms with van der Waals surface area (Å²) in [5.74, 6) is -42.3. The monoisotopic (exact) mass is 388 g/mol. The fourth-order valence-electron chi connectivity index (χ4n) is 1.21. The highest BCUT2D eigenvalue weighted by Crippen LogP contribution is 2.59. The average Bonchev–Trinajstić information content (AvgIpc) is 2.43. The van der Waals surface area contributed by atoms with Crippen molar-refractivity contribution in [2.24, 2.45) is 0 Å². The number of halogens is 12. The zero-order valence-electron chi connectivity index (χ0n) is 11.1. The van der Waals surface area contributed by atoms with Gasteiger partial charge in [0.1, 0.15) is 6.61 Å². The highest BCUT2D eigenvalue weighted by atomic mass is 19.4. The molecule has 0 saturated heterocycles. The van der Waals surface area contributed by atoms with Crippen LogP contribution in [0.2, 0.25) is 0 Å². The molecule has 144 valence electrons. The molecule has 0 unspecified atom stereocenters. The standard InChI is InChI=1S/C10H8F12O2/c1-2-24-4-6(13,14)8(17,18)10(21,22)9(19,20)7(15,16)5(11,12)3-23/h2,23H,1,3-4H2. The predicted octanol–water partition coefficient (Wildman–Crippen LogP) is 3.95. The average molecular weight is 388 g/mol. The summed E-state index contributed by atoms with van der Waals surface area (Å²) < 4.78 is 159. The van der Waals surface area contributed by atoms with Gasteiger partial charge in [0.05, 0.1) is 6.26 Å². The summed E-state index contributed by atoms with van der Waals surface area (Å²) in [6.45, 7) is -3.27. The van der Waals surface area contributed by atoms with Crippen LogP contribution in [0.3, 0.4) is 0 Å². The van der Waals surface area contributed by atoms with E-state index in [0.717, 1.165) is 0 Å². The fourth-order valence-corrected chi connectivity index (χ4v) is 1.21. The first-order valence-electron chi connectivity index (χ1n) is 5.47. The lowest BCUT2D eigenvalue weighted by atomic mass is 9.92. The summed E-state index contributed by atoms with van der Waals surface area (Å²) in [5.41, 5.74) is 0. The molecule has 0 aromatic rings. The SMILES string of the molecule is C=COCC(F)(F)C(F)(F)C(F)(F)C(F)(F)C(F)(F)C(F)(F)CO. The smallest absolute Gasteiger partial charge is 0.384 e. The van der Waals surface area contributed by atoms with Crippen molar-refractivity contribution in [3.05, 3.63) is 12.8 Å². The van der Waals surface area contributed by atoms with Crippen molar-refractivity contribution < 1.29 is 62.5 Å². The van der Waals surface area contributed by atoms with Crippen molar-refractivity contribution in [3.8, 4) is 0 Å². The van der Waals surface area contributed by atoms with Gasteiger partial charge >= 0.3 is 35.5 Å². The van der Waals surface area contributed by atoms with Gasteiger partial charge in [-0.2, -0.15) is 52.7 Å². The van der Waals surface area contributed by atoms with Gasteiger partial charge in [0, 0.05) is 0 Å². The van der Waals surface area contributed by atoms with E-state index in [4.69, 9.17) is 5.11 Å². The Labute approximate surface area is 125 Å². The van der Waals surface area contributed by atoms with E-state index in [1.807, 2.05) is 0 Å². The van der Waals surface area contributed by atoms with Crippen molar-refractivity contribution in [1.82, 2.24) is 0 Å². The quantitative estimate of drug-likeness (QED) is 0.479. The van der Waals surface area contributed by atoms with Gasteiger partial charge in [-0.25, -0.2) is 0 Å². The van der Waals surface area contributed by atoms with Crippen molar-refractivity contribution in [2.75, 3.05) is 13.2 Å². The molecule has 0 atom stereocenters. The normalized spacial score (nSPS) is 15.4. The molecule has 0 rings (SSSR count). The molecule has 24 heavy (non-hydrogen) atoms. The Bertz CT molecular complexity index is 459. The van der Waals surface area contributed by atoms with E-state index in [1.54, 1.807) is 0 Å². The largest absolute Gasteiger partial charge is 0.495 e. The molecule has 0 heterocycles. The molecule has 0 aliphatic heterocycles. The Hall–Kier alpha value is -1.34. The third kappa shape index (κ3) is 2.99. The van der Waals surface area contributed by atoms with Crippen LogP contribution in [0.25, 0.3) is 0 Å². The first kappa shape index (κ1) is 22.7. The summed E-state index contributed by atoms with van der Waals surface area (Å²) in [7, 11) is 0. The number of ether oxygens (including phenoxy) is 1. The van der Waals surface area contributed by atoms with Gasteiger partial charge in [-0.05, 0) is 0 Å². The second-order valence-electron chi connectivity index (χ2n) is 4.34. The molecular weight excluding hydrogens is 380 g/mol. The van der Waals surface area contributed by atoms with Crippen LogP contribution in [-0.4, -0.2) is 53.9 Å². The van der Waals surface area contributed by atoms with Crippen LogP contribution in [0.5, 0.6) is 0 Å². The van der Waals surface area contributed by atoms with Crippen LogP contribution in [0.15, 0.2) is 12.8 Å². The van der Waals surface area contributed by atoms with Crippen LogP contribution in [0, 0.1) is 0 Å². The fraction of sp³-hybridized carbons (Fsp3) is 0.800. The van der Waals surface area contributed by atoms with Crippen LogP contribution in [-0.2, 0) is 4.74 Å². The lowest BCUT2D eigenvalue weighted by Crippen LogP contribution is -2.71. The van der Waals surface area contributed by atoms with E-state index in [2.05, 4.69) is 11.3 Å². The predicted molar refractivity (Wildman–Crippen MR) is 52.9 cm³/mol.